The van der Waals surface area contributed by atoms with Gasteiger partial charge in [0.25, 0.3) is 0 Å². The Hall–Kier alpha value is -1.52. The molecule has 1 rings (SSSR count). The third-order valence-corrected chi connectivity index (χ3v) is 4.09. The van der Waals surface area contributed by atoms with Crippen LogP contribution in [0.5, 0.6) is 0 Å². The summed E-state index contributed by atoms with van der Waals surface area (Å²) in [4.78, 5) is 0. The molecular weight excluding hydrogens is 280 g/mol. The molecule has 0 radical (unpaired) electrons. The molecule has 0 aliphatic rings. The minimum absolute atomic E-state index is 0.115. The molecule has 1 aromatic rings. The van der Waals surface area contributed by atoms with E-state index in [2.05, 4.69) is 69.0 Å². The van der Waals surface area contributed by atoms with Crippen LogP contribution in [0.25, 0.3) is 0 Å². The standard InChI is InChI=1S/C22H32O/c1-4-5-6-7-11-18-22(23)21(19(2)3)17-13-12-16-20-14-9-8-10-15-20/h8-10,13-15,17,19,21-23H,4-7,12,16H2,1-3H3/b17-13+/t21-,22-/m0/s1. The van der Waals surface area contributed by atoms with Crippen molar-refractivity contribution in [3.63, 3.8) is 0 Å². The third kappa shape index (κ3) is 8.62. The summed E-state index contributed by atoms with van der Waals surface area (Å²) in [6.07, 6.45) is 10.3. The molecule has 0 aromatic heterocycles. The summed E-state index contributed by atoms with van der Waals surface area (Å²) in [6.45, 7) is 6.49. The highest BCUT2D eigenvalue weighted by atomic mass is 16.3. The number of benzene rings is 1. The van der Waals surface area contributed by atoms with E-state index in [0.717, 1.165) is 25.7 Å². The highest BCUT2D eigenvalue weighted by molar-refractivity contribution is 5.16. The second-order valence-electron chi connectivity index (χ2n) is 6.50. The van der Waals surface area contributed by atoms with Crippen molar-refractivity contribution in [2.45, 2.75) is 65.4 Å². The quantitative estimate of drug-likeness (QED) is 0.368. The highest BCUT2D eigenvalue weighted by Crippen LogP contribution is 2.18. The molecule has 0 aliphatic heterocycles. The lowest BCUT2D eigenvalue weighted by atomic mass is 9.89. The van der Waals surface area contributed by atoms with Crippen LogP contribution in [0.15, 0.2) is 42.5 Å². The molecule has 0 unspecified atom stereocenters. The van der Waals surface area contributed by atoms with Gasteiger partial charge in [0.05, 0.1) is 0 Å². The Morgan fingerprint density at radius 2 is 1.87 bits per heavy atom. The molecule has 1 aromatic carbocycles. The number of aryl methyl sites for hydroxylation is 1. The number of aliphatic hydroxyl groups is 1. The molecule has 1 heteroatoms. The summed E-state index contributed by atoms with van der Waals surface area (Å²) < 4.78 is 0. The van der Waals surface area contributed by atoms with Gasteiger partial charge in [0.15, 0.2) is 0 Å². The van der Waals surface area contributed by atoms with E-state index in [0.29, 0.717) is 5.92 Å². The molecular formula is C22H32O. The Labute approximate surface area is 142 Å². The van der Waals surface area contributed by atoms with Crippen molar-refractivity contribution in [1.82, 2.24) is 0 Å². The lowest BCUT2D eigenvalue weighted by Crippen LogP contribution is -2.21. The van der Waals surface area contributed by atoms with Gasteiger partial charge in [-0.15, -0.1) is 5.92 Å². The molecule has 0 saturated carbocycles. The van der Waals surface area contributed by atoms with E-state index >= 15 is 0 Å². The fourth-order valence-electron chi connectivity index (χ4n) is 2.58. The topological polar surface area (TPSA) is 20.2 Å². The van der Waals surface area contributed by atoms with Gasteiger partial charge in [0.2, 0.25) is 0 Å². The second-order valence-corrected chi connectivity index (χ2v) is 6.50. The van der Waals surface area contributed by atoms with Gasteiger partial charge in [-0.2, -0.15) is 0 Å². The van der Waals surface area contributed by atoms with E-state index in [1.807, 2.05) is 6.07 Å². The molecule has 0 saturated heterocycles. The molecule has 1 nitrogen and oxygen atoms in total. The molecule has 23 heavy (non-hydrogen) atoms. The van der Waals surface area contributed by atoms with Crippen LogP contribution in [0.4, 0.5) is 0 Å². The van der Waals surface area contributed by atoms with E-state index in [9.17, 15) is 5.11 Å². The number of aliphatic hydroxyl groups excluding tert-OH is 1. The first-order chi connectivity index (χ1) is 11.1. The average molecular weight is 312 g/mol. The van der Waals surface area contributed by atoms with E-state index < -0.39 is 6.10 Å². The zero-order valence-electron chi connectivity index (χ0n) is 15.0. The van der Waals surface area contributed by atoms with Crippen LogP contribution in [0, 0.1) is 23.7 Å². The summed E-state index contributed by atoms with van der Waals surface area (Å²) >= 11 is 0. The van der Waals surface area contributed by atoms with E-state index in [1.54, 1.807) is 0 Å². The summed E-state index contributed by atoms with van der Waals surface area (Å²) in [7, 11) is 0. The van der Waals surface area contributed by atoms with Crippen molar-refractivity contribution in [3.05, 3.63) is 48.0 Å². The van der Waals surface area contributed by atoms with Gasteiger partial charge < -0.3 is 5.11 Å². The Bertz CT molecular complexity index is 490. The number of hydrogen-bond acceptors (Lipinski definition) is 1. The molecule has 0 heterocycles. The van der Waals surface area contributed by atoms with Crippen molar-refractivity contribution < 1.29 is 5.11 Å². The molecule has 0 bridgehead atoms. The maximum absolute atomic E-state index is 10.3. The molecule has 2 atom stereocenters. The minimum atomic E-state index is -0.551. The van der Waals surface area contributed by atoms with Crippen molar-refractivity contribution in [3.8, 4) is 11.8 Å². The van der Waals surface area contributed by atoms with Gasteiger partial charge in [0, 0.05) is 12.3 Å². The summed E-state index contributed by atoms with van der Waals surface area (Å²) in [5, 5.41) is 10.3. The van der Waals surface area contributed by atoms with Crippen LogP contribution in [0.3, 0.4) is 0 Å². The van der Waals surface area contributed by atoms with E-state index in [-0.39, 0.29) is 5.92 Å². The van der Waals surface area contributed by atoms with Crippen LogP contribution in [-0.4, -0.2) is 11.2 Å². The average Bonchev–Trinajstić information content (AvgIpc) is 2.55. The Balaban J connectivity index is 2.45. The normalized spacial score (nSPS) is 13.8. The minimum Gasteiger partial charge on any atom is -0.380 e. The van der Waals surface area contributed by atoms with Crippen LogP contribution in [-0.2, 0) is 6.42 Å². The van der Waals surface area contributed by atoms with Gasteiger partial charge in [-0.1, -0.05) is 82.0 Å². The van der Waals surface area contributed by atoms with Crippen molar-refractivity contribution in [2.75, 3.05) is 0 Å². The van der Waals surface area contributed by atoms with Crippen LogP contribution in [0.2, 0.25) is 0 Å². The smallest absolute Gasteiger partial charge is 0.121 e. The maximum Gasteiger partial charge on any atom is 0.121 e. The van der Waals surface area contributed by atoms with Gasteiger partial charge in [-0.05, 0) is 30.7 Å². The number of hydrogen-bond donors (Lipinski definition) is 1. The Morgan fingerprint density at radius 1 is 1.13 bits per heavy atom. The van der Waals surface area contributed by atoms with Gasteiger partial charge in [-0.25, -0.2) is 0 Å². The summed E-state index contributed by atoms with van der Waals surface area (Å²) in [6, 6.07) is 10.5. The predicted octanol–water partition coefficient (Wildman–Crippen LogP) is 5.39. The molecule has 0 spiro atoms. The lowest BCUT2D eigenvalue weighted by molar-refractivity contribution is 0.159. The molecule has 0 fully saturated rings. The van der Waals surface area contributed by atoms with Gasteiger partial charge >= 0.3 is 0 Å². The predicted molar refractivity (Wildman–Crippen MR) is 100 cm³/mol. The van der Waals surface area contributed by atoms with Crippen molar-refractivity contribution >= 4 is 0 Å². The third-order valence-electron chi connectivity index (χ3n) is 4.09. The number of rotatable bonds is 9. The van der Waals surface area contributed by atoms with Gasteiger partial charge in [-0.3, -0.25) is 0 Å². The molecule has 0 aliphatic carbocycles. The molecule has 0 amide bonds. The fourth-order valence-corrected chi connectivity index (χ4v) is 2.58. The first kappa shape index (κ1) is 19.5. The summed E-state index contributed by atoms with van der Waals surface area (Å²) in [5.41, 5.74) is 1.36. The first-order valence-corrected chi connectivity index (χ1v) is 9.02. The molecule has 1 N–H and O–H groups in total. The van der Waals surface area contributed by atoms with E-state index in [1.165, 1.54) is 18.4 Å². The molecule has 126 valence electrons. The Morgan fingerprint density at radius 3 is 2.52 bits per heavy atom. The zero-order chi connectivity index (χ0) is 16.9. The SMILES string of the molecule is CCCCCC#C[C@H](O)[C@@H](/C=C/CCc1ccccc1)C(C)C. The van der Waals surface area contributed by atoms with Crippen LogP contribution >= 0.6 is 0 Å². The zero-order valence-corrected chi connectivity index (χ0v) is 15.0. The van der Waals surface area contributed by atoms with Crippen molar-refractivity contribution in [2.24, 2.45) is 11.8 Å². The lowest BCUT2D eigenvalue weighted by Gasteiger charge is -2.19. The second kappa shape index (κ2) is 12.0. The van der Waals surface area contributed by atoms with E-state index in [4.69, 9.17) is 0 Å². The number of unbranched alkanes of at least 4 members (excludes halogenated alkanes) is 3. The fraction of sp³-hybridized carbons (Fsp3) is 0.545. The highest BCUT2D eigenvalue weighted by Gasteiger charge is 2.17. The monoisotopic (exact) mass is 312 g/mol. The number of allylic oxidation sites excluding steroid dienone is 1. The Kier molecular flexibility index (Phi) is 10.2. The van der Waals surface area contributed by atoms with Crippen molar-refractivity contribution in [1.29, 1.82) is 0 Å². The van der Waals surface area contributed by atoms with Gasteiger partial charge in [0.1, 0.15) is 6.10 Å². The maximum atomic E-state index is 10.3. The largest absolute Gasteiger partial charge is 0.380 e. The van der Waals surface area contributed by atoms with Crippen LogP contribution in [0.1, 0.15) is 58.4 Å². The van der Waals surface area contributed by atoms with Crippen LogP contribution < -0.4 is 0 Å². The first-order valence-electron chi connectivity index (χ1n) is 9.02. The summed E-state index contributed by atoms with van der Waals surface area (Å²) in [5.74, 6) is 6.68.